The second kappa shape index (κ2) is 10.8. The van der Waals surface area contributed by atoms with Gasteiger partial charge in [0.05, 0.1) is 13.2 Å². The van der Waals surface area contributed by atoms with Crippen LogP contribution in [-0.4, -0.2) is 63.8 Å². The maximum Gasteiger partial charge on any atom is 0.226 e. The highest BCUT2D eigenvalue weighted by molar-refractivity contribution is 5.90. The van der Waals surface area contributed by atoms with Gasteiger partial charge in [0, 0.05) is 43.9 Å². The first-order valence-corrected chi connectivity index (χ1v) is 10.8. The molecule has 1 saturated heterocycles. The number of benzene rings is 1. The highest BCUT2D eigenvalue weighted by Gasteiger charge is 2.13. The first-order valence-electron chi connectivity index (χ1n) is 10.8. The molecule has 0 spiro atoms. The number of anilines is 3. The summed E-state index contributed by atoms with van der Waals surface area (Å²) in [5.41, 5.74) is 1.71. The van der Waals surface area contributed by atoms with Gasteiger partial charge in [0.15, 0.2) is 11.6 Å². The van der Waals surface area contributed by atoms with Crippen LogP contribution in [0, 0.1) is 12.7 Å². The fourth-order valence-corrected chi connectivity index (χ4v) is 3.32. The molecule has 3 N–H and O–H groups in total. The van der Waals surface area contributed by atoms with Crippen LogP contribution in [0.15, 0.2) is 36.4 Å². The van der Waals surface area contributed by atoms with E-state index in [2.05, 4.69) is 35.7 Å². The van der Waals surface area contributed by atoms with Crippen molar-refractivity contribution in [2.24, 2.45) is 0 Å². The van der Waals surface area contributed by atoms with E-state index in [-0.39, 0.29) is 11.7 Å². The van der Waals surface area contributed by atoms with Gasteiger partial charge < -0.3 is 15.4 Å². The van der Waals surface area contributed by atoms with Gasteiger partial charge in [-0.05, 0) is 30.7 Å². The van der Waals surface area contributed by atoms with E-state index in [1.165, 1.54) is 12.1 Å². The number of ether oxygens (including phenoxy) is 1. The SMILES string of the molecule is Cc1cc(Nc2cc(NC(=O)CCN3CCOCC3)nc(C=Cc3ccc(F)cc3)n2)n[nH]1. The maximum absolute atomic E-state index is 13.2. The van der Waals surface area contributed by atoms with Crippen molar-refractivity contribution in [3.05, 3.63) is 59.3 Å². The maximum atomic E-state index is 13.2. The Balaban J connectivity index is 1.48. The Labute approximate surface area is 191 Å². The van der Waals surface area contributed by atoms with Gasteiger partial charge in [-0.1, -0.05) is 18.2 Å². The van der Waals surface area contributed by atoms with E-state index in [1.807, 2.05) is 13.0 Å². The Morgan fingerprint density at radius 1 is 1.12 bits per heavy atom. The number of carbonyl (C=O) groups excluding carboxylic acids is 1. The van der Waals surface area contributed by atoms with Crippen LogP contribution in [0.4, 0.5) is 21.8 Å². The molecule has 9 nitrogen and oxygen atoms in total. The van der Waals surface area contributed by atoms with Crippen molar-refractivity contribution in [1.29, 1.82) is 0 Å². The largest absolute Gasteiger partial charge is 0.379 e. The molecule has 1 amide bonds. The standard InChI is InChI=1S/C23H26FN7O2/c1-16-14-22(30-29-16)27-20-15-21(28-23(32)8-9-31-10-12-33-13-11-31)26-19(25-20)7-4-17-2-5-18(24)6-3-17/h2-7,14-15H,8-13H2,1H3,(H3,25,26,27,28,29,30,32). The molecule has 1 aliphatic heterocycles. The molecule has 1 fully saturated rings. The number of aryl methyl sites for hydroxylation is 1. The Bertz CT molecular complexity index is 1110. The first-order chi connectivity index (χ1) is 16.0. The number of rotatable bonds is 8. The summed E-state index contributed by atoms with van der Waals surface area (Å²) in [5.74, 6) is 1.43. The van der Waals surface area contributed by atoms with E-state index < -0.39 is 0 Å². The number of halogens is 1. The van der Waals surface area contributed by atoms with Gasteiger partial charge in [-0.3, -0.25) is 14.8 Å². The zero-order valence-corrected chi connectivity index (χ0v) is 18.3. The average Bonchev–Trinajstić information content (AvgIpc) is 3.22. The smallest absolute Gasteiger partial charge is 0.226 e. The minimum Gasteiger partial charge on any atom is -0.379 e. The van der Waals surface area contributed by atoms with Gasteiger partial charge in [0.1, 0.15) is 17.5 Å². The van der Waals surface area contributed by atoms with Gasteiger partial charge in [-0.2, -0.15) is 5.10 Å². The number of hydrogen-bond acceptors (Lipinski definition) is 7. The van der Waals surface area contributed by atoms with E-state index in [1.54, 1.807) is 30.4 Å². The molecule has 33 heavy (non-hydrogen) atoms. The fraction of sp³-hybridized carbons (Fsp3) is 0.304. The van der Waals surface area contributed by atoms with E-state index in [0.29, 0.717) is 49.5 Å². The van der Waals surface area contributed by atoms with Crippen LogP contribution in [0.1, 0.15) is 23.5 Å². The Morgan fingerprint density at radius 2 is 1.88 bits per heavy atom. The number of aromatic amines is 1. The topological polar surface area (TPSA) is 108 Å². The van der Waals surface area contributed by atoms with Gasteiger partial charge in [-0.15, -0.1) is 0 Å². The van der Waals surface area contributed by atoms with Gasteiger partial charge in [-0.25, -0.2) is 14.4 Å². The van der Waals surface area contributed by atoms with Crippen molar-refractivity contribution >= 4 is 35.5 Å². The molecule has 1 aliphatic rings. The van der Waals surface area contributed by atoms with Crippen LogP contribution in [0.2, 0.25) is 0 Å². The minimum atomic E-state index is -0.300. The normalized spacial score (nSPS) is 14.5. The van der Waals surface area contributed by atoms with E-state index in [4.69, 9.17) is 4.74 Å². The summed E-state index contributed by atoms with van der Waals surface area (Å²) in [6.07, 6.45) is 3.84. The lowest BCUT2D eigenvalue weighted by molar-refractivity contribution is -0.116. The van der Waals surface area contributed by atoms with Crippen LogP contribution >= 0.6 is 0 Å². The van der Waals surface area contributed by atoms with Crippen molar-refractivity contribution in [1.82, 2.24) is 25.1 Å². The number of aromatic nitrogens is 4. The van der Waals surface area contributed by atoms with Gasteiger partial charge in [0.2, 0.25) is 5.91 Å². The number of carbonyl (C=O) groups is 1. The molecule has 0 saturated carbocycles. The molecule has 0 bridgehead atoms. The monoisotopic (exact) mass is 451 g/mol. The summed E-state index contributed by atoms with van der Waals surface area (Å²) in [5, 5.41) is 13.0. The molecule has 172 valence electrons. The molecule has 2 aromatic heterocycles. The minimum absolute atomic E-state index is 0.129. The van der Waals surface area contributed by atoms with Gasteiger partial charge in [0.25, 0.3) is 0 Å². The third kappa shape index (κ3) is 6.93. The third-order valence-corrected chi connectivity index (χ3v) is 5.03. The number of nitrogens with one attached hydrogen (secondary N) is 3. The number of amides is 1. The number of H-pyrrole nitrogens is 1. The molecule has 0 unspecified atom stereocenters. The fourth-order valence-electron chi connectivity index (χ4n) is 3.32. The highest BCUT2D eigenvalue weighted by atomic mass is 19.1. The summed E-state index contributed by atoms with van der Waals surface area (Å²) in [7, 11) is 0. The second-order valence-electron chi connectivity index (χ2n) is 7.69. The van der Waals surface area contributed by atoms with Crippen molar-refractivity contribution in [3.63, 3.8) is 0 Å². The number of hydrogen-bond donors (Lipinski definition) is 3. The zero-order valence-electron chi connectivity index (χ0n) is 18.3. The predicted molar refractivity (Wildman–Crippen MR) is 124 cm³/mol. The molecule has 0 atom stereocenters. The molecular weight excluding hydrogens is 425 g/mol. The molecule has 3 aromatic rings. The second-order valence-corrected chi connectivity index (χ2v) is 7.69. The number of nitrogens with zero attached hydrogens (tertiary/aromatic N) is 4. The number of morpholine rings is 1. The molecule has 0 radical (unpaired) electrons. The molecule has 1 aromatic carbocycles. The molecule has 3 heterocycles. The van der Waals surface area contributed by atoms with Crippen LogP contribution < -0.4 is 10.6 Å². The molecule has 0 aliphatic carbocycles. The van der Waals surface area contributed by atoms with Crippen LogP contribution in [0.25, 0.3) is 12.2 Å². The summed E-state index contributed by atoms with van der Waals surface area (Å²) in [6, 6.07) is 9.60. The predicted octanol–water partition coefficient (Wildman–Crippen LogP) is 3.22. The van der Waals surface area contributed by atoms with Crippen LogP contribution in [0.5, 0.6) is 0 Å². The summed E-state index contributed by atoms with van der Waals surface area (Å²) in [6.45, 7) is 5.61. The quantitative estimate of drug-likeness (QED) is 0.483. The van der Waals surface area contributed by atoms with Crippen molar-refractivity contribution in [3.8, 4) is 0 Å². The Hall–Kier alpha value is -3.63. The lowest BCUT2D eigenvalue weighted by Crippen LogP contribution is -2.38. The Morgan fingerprint density at radius 3 is 2.61 bits per heavy atom. The van der Waals surface area contributed by atoms with Crippen LogP contribution in [-0.2, 0) is 9.53 Å². The molecule has 10 heteroatoms. The van der Waals surface area contributed by atoms with E-state index >= 15 is 0 Å². The lowest BCUT2D eigenvalue weighted by atomic mass is 10.2. The summed E-state index contributed by atoms with van der Waals surface area (Å²) in [4.78, 5) is 23.7. The van der Waals surface area contributed by atoms with Crippen molar-refractivity contribution in [2.45, 2.75) is 13.3 Å². The Kier molecular flexibility index (Phi) is 7.38. The van der Waals surface area contributed by atoms with Crippen molar-refractivity contribution < 1.29 is 13.9 Å². The first kappa shape index (κ1) is 22.6. The summed E-state index contributed by atoms with van der Waals surface area (Å²) >= 11 is 0. The molecular formula is C23H26FN7O2. The highest BCUT2D eigenvalue weighted by Crippen LogP contribution is 2.18. The third-order valence-electron chi connectivity index (χ3n) is 5.03. The van der Waals surface area contributed by atoms with E-state index in [0.717, 1.165) is 24.3 Å². The summed E-state index contributed by atoms with van der Waals surface area (Å²) < 4.78 is 18.5. The lowest BCUT2D eigenvalue weighted by Gasteiger charge is -2.26. The zero-order chi connectivity index (χ0) is 23.0. The van der Waals surface area contributed by atoms with Crippen LogP contribution in [0.3, 0.4) is 0 Å². The molecule has 4 rings (SSSR count). The van der Waals surface area contributed by atoms with Crippen molar-refractivity contribution in [2.75, 3.05) is 43.5 Å². The van der Waals surface area contributed by atoms with E-state index in [9.17, 15) is 9.18 Å². The average molecular weight is 452 g/mol. The van der Waals surface area contributed by atoms with Gasteiger partial charge >= 0.3 is 0 Å².